The Hall–Kier alpha value is -5.91. The summed E-state index contributed by atoms with van der Waals surface area (Å²) in [4.78, 5) is 5.33. The van der Waals surface area contributed by atoms with Crippen LogP contribution in [0.15, 0.2) is 156 Å². The number of halogens is 1. The van der Waals surface area contributed by atoms with Gasteiger partial charge in [-0.15, -0.1) is 29.5 Å². The predicted molar refractivity (Wildman–Crippen MR) is 256 cm³/mol. The Balaban J connectivity index is 0.000000263. The molecule has 0 fully saturated rings. The first kappa shape index (κ1) is 42.8. The summed E-state index contributed by atoms with van der Waals surface area (Å²) in [6, 6.07) is 61.3. The zero-order valence-corrected chi connectivity index (χ0v) is 39.5. The van der Waals surface area contributed by atoms with Gasteiger partial charge in [0, 0.05) is 30.6 Å². The van der Waals surface area contributed by atoms with E-state index in [-0.39, 0.29) is 37.8 Å². The van der Waals surface area contributed by atoms with Crippen molar-refractivity contribution in [3.05, 3.63) is 187 Å². The molecule has 0 atom stereocenters. The van der Waals surface area contributed by atoms with Gasteiger partial charge in [0.1, 0.15) is 11.4 Å². The third kappa shape index (κ3) is 8.11. The number of fused-ring (bicyclic) bond motifs is 6. The van der Waals surface area contributed by atoms with Crippen LogP contribution in [-0.4, -0.2) is 17.6 Å². The Kier molecular flexibility index (Phi) is 12.0. The quantitative estimate of drug-likeness (QED) is 0.118. The molecule has 0 saturated carbocycles. The van der Waals surface area contributed by atoms with Crippen LogP contribution in [0, 0.1) is 24.0 Å². The fourth-order valence-corrected chi connectivity index (χ4v) is 9.43. The van der Waals surface area contributed by atoms with Gasteiger partial charge >= 0.3 is 20.1 Å². The molecule has 0 N–H and O–H groups in total. The SMILES string of the molecule is CC(C)c1cc(-c2ccccc2)cc(C(C)C)c1-n1c(-c2[c-]ccc3c2oc2cc(F)ccc23)nc2ccc3ccccc3c21.C[Si](C)(C)c1c[c-]c(-c2[c-]cccc2)cc1.[Ir+3]. The van der Waals surface area contributed by atoms with Gasteiger partial charge in [0.15, 0.2) is 0 Å². The zero-order chi connectivity index (χ0) is 42.4. The summed E-state index contributed by atoms with van der Waals surface area (Å²) in [6.45, 7) is 16.1. The van der Waals surface area contributed by atoms with Crippen LogP contribution in [0.4, 0.5) is 4.39 Å². The fourth-order valence-electron chi connectivity index (χ4n) is 8.34. The molecule has 6 heteroatoms. The molecule has 10 rings (SSSR count). The molecule has 0 spiro atoms. The number of imidazole rings is 1. The molecule has 10 aromatic rings. The number of hydrogen-bond donors (Lipinski definition) is 0. The van der Waals surface area contributed by atoms with E-state index >= 15 is 0 Å². The largest absolute Gasteiger partial charge is 3.00 e. The molecule has 0 aliphatic carbocycles. The first-order valence-corrected chi connectivity index (χ1v) is 24.6. The van der Waals surface area contributed by atoms with Gasteiger partial charge in [-0.3, -0.25) is 4.98 Å². The van der Waals surface area contributed by atoms with Crippen molar-refractivity contribution in [2.45, 2.75) is 59.2 Å². The standard InChI is InChI=1S/C41H32FN2O.C15H16Si.Ir/c1-24(2)34-21-28(26-11-6-5-7-12-26)22-35(25(3)4)38(34)44-39-30-14-9-8-13-27(30)17-20-36(39)43-41(44)33-16-10-15-32-31-19-18-29(42)23-37(31)45-40(32)33;1-16(2,3)15-11-9-14(10-12-15)13-7-5-4-6-8-13;/h5-15,17-25H,1-4H3;4-7,9,11-12H,1-3H3;/q-1;-2;+3. The molecule has 0 unspecified atom stereocenters. The number of aromatic nitrogens is 2. The number of rotatable bonds is 7. The first-order valence-electron chi connectivity index (χ1n) is 21.1. The maximum absolute atomic E-state index is 14.3. The minimum atomic E-state index is -1.20. The van der Waals surface area contributed by atoms with Gasteiger partial charge in [-0.1, -0.05) is 119 Å². The van der Waals surface area contributed by atoms with Gasteiger partial charge in [0.2, 0.25) is 0 Å². The summed E-state index contributed by atoms with van der Waals surface area (Å²) in [7, 11) is -1.20. The minimum Gasteiger partial charge on any atom is -0.500 e. The third-order valence-electron chi connectivity index (χ3n) is 11.6. The Morgan fingerprint density at radius 1 is 0.629 bits per heavy atom. The Labute approximate surface area is 378 Å². The van der Waals surface area contributed by atoms with Crippen molar-refractivity contribution in [2.75, 3.05) is 0 Å². The van der Waals surface area contributed by atoms with Crippen LogP contribution in [0.1, 0.15) is 50.7 Å². The summed E-state index contributed by atoms with van der Waals surface area (Å²) in [5.74, 6) is 0.890. The van der Waals surface area contributed by atoms with E-state index in [4.69, 9.17) is 9.40 Å². The van der Waals surface area contributed by atoms with E-state index in [1.54, 1.807) is 6.07 Å². The third-order valence-corrected chi connectivity index (χ3v) is 13.6. The van der Waals surface area contributed by atoms with Crippen molar-refractivity contribution in [1.29, 1.82) is 0 Å². The number of benzene rings is 8. The van der Waals surface area contributed by atoms with Gasteiger partial charge in [-0.2, -0.15) is 48.5 Å². The summed E-state index contributed by atoms with van der Waals surface area (Å²) < 4.78 is 23.0. The normalized spacial score (nSPS) is 11.7. The van der Waals surface area contributed by atoms with Crippen molar-refractivity contribution < 1.29 is 28.9 Å². The van der Waals surface area contributed by atoms with Gasteiger partial charge in [-0.25, -0.2) is 15.5 Å². The van der Waals surface area contributed by atoms with E-state index in [1.165, 1.54) is 39.6 Å². The van der Waals surface area contributed by atoms with Crippen LogP contribution in [0.25, 0.3) is 83.1 Å². The molecule has 0 bridgehead atoms. The van der Waals surface area contributed by atoms with Gasteiger partial charge < -0.3 is 8.98 Å². The second-order valence-electron chi connectivity index (χ2n) is 17.5. The number of furan rings is 1. The summed E-state index contributed by atoms with van der Waals surface area (Å²) in [5, 5.41) is 5.51. The Morgan fingerprint density at radius 3 is 2.02 bits per heavy atom. The molecule has 0 saturated heterocycles. The maximum Gasteiger partial charge on any atom is 3.00 e. The minimum absolute atomic E-state index is 0. The van der Waals surface area contributed by atoms with E-state index in [2.05, 4.69) is 173 Å². The molecular formula is C56H48FIrN2OSi. The zero-order valence-electron chi connectivity index (χ0n) is 36.1. The molecule has 308 valence electrons. The molecule has 0 aliphatic rings. The average molecular weight is 1000 g/mol. The molecule has 2 aromatic heterocycles. The van der Waals surface area contributed by atoms with Crippen LogP contribution in [0.3, 0.4) is 0 Å². The molecule has 62 heavy (non-hydrogen) atoms. The summed E-state index contributed by atoms with van der Waals surface area (Å²) in [6.07, 6.45) is 0. The smallest absolute Gasteiger partial charge is 0.500 e. The van der Waals surface area contributed by atoms with E-state index in [1.807, 2.05) is 30.3 Å². The summed E-state index contributed by atoms with van der Waals surface area (Å²) >= 11 is 0. The van der Waals surface area contributed by atoms with Gasteiger partial charge in [0.05, 0.1) is 22.4 Å². The monoisotopic (exact) mass is 1000 g/mol. The van der Waals surface area contributed by atoms with E-state index < -0.39 is 8.07 Å². The van der Waals surface area contributed by atoms with E-state index in [0.29, 0.717) is 11.2 Å². The predicted octanol–water partition coefficient (Wildman–Crippen LogP) is 15.1. The summed E-state index contributed by atoms with van der Waals surface area (Å²) in [5.41, 5.74) is 12.1. The van der Waals surface area contributed by atoms with Crippen molar-refractivity contribution >= 4 is 57.0 Å². The van der Waals surface area contributed by atoms with Crippen molar-refractivity contribution in [3.63, 3.8) is 0 Å². The molecular weight excluding hydrogens is 956 g/mol. The second kappa shape index (κ2) is 17.5. The van der Waals surface area contributed by atoms with Gasteiger partial charge in [-0.05, 0) is 69.8 Å². The molecule has 0 amide bonds. The molecule has 3 nitrogen and oxygen atoms in total. The van der Waals surface area contributed by atoms with Crippen LogP contribution in [-0.2, 0) is 20.1 Å². The topological polar surface area (TPSA) is 31.0 Å². The first-order chi connectivity index (χ1) is 29.5. The van der Waals surface area contributed by atoms with Crippen LogP contribution < -0.4 is 5.19 Å². The van der Waals surface area contributed by atoms with Crippen molar-refractivity contribution in [1.82, 2.24) is 9.55 Å². The Morgan fingerprint density at radius 2 is 1.34 bits per heavy atom. The van der Waals surface area contributed by atoms with E-state index in [0.717, 1.165) is 60.8 Å². The second-order valence-corrected chi connectivity index (χ2v) is 22.5. The molecule has 0 aliphatic heterocycles. The number of nitrogens with zero attached hydrogens (tertiary/aromatic N) is 2. The van der Waals surface area contributed by atoms with Crippen LogP contribution in [0.2, 0.25) is 19.6 Å². The van der Waals surface area contributed by atoms with Crippen LogP contribution >= 0.6 is 0 Å². The van der Waals surface area contributed by atoms with Crippen molar-refractivity contribution in [3.8, 4) is 39.3 Å². The van der Waals surface area contributed by atoms with Gasteiger partial charge in [0.25, 0.3) is 0 Å². The average Bonchev–Trinajstić information content (AvgIpc) is 3.85. The van der Waals surface area contributed by atoms with E-state index in [9.17, 15) is 4.39 Å². The van der Waals surface area contributed by atoms with Crippen LogP contribution in [0.5, 0.6) is 0 Å². The number of hydrogen-bond acceptors (Lipinski definition) is 2. The Bertz CT molecular complexity index is 3150. The maximum atomic E-state index is 14.3. The van der Waals surface area contributed by atoms with Crippen molar-refractivity contribution in [2.24, 2.45) is 0 Å². The molecule has 8 aromatic carbocycles. The molecule has 0 radical (unpaired) electrons. The molecule has 2 heterocycles. The fraction of sp³-hybridized carbons (Fsp3) is 0.161.